The Hall–Kier alpha value is 31.6. The molecule has 184 valence electrons. The molecule has 0 spiro atoms. The summed E-state index contributed by atoms with van der Waals surface area (Å²) in [6.07, 6.45) is 2.14. The molecule has 0 aliphatic carbocycles. The van der Waals surface area contributed by atoms with E-state index in [2.05, 4.69) is 64.1 Å². The van der Waals surface area contributed by atoms with Gasteiger partial charge in [0.25, 0.3) is 0 Å². The summed E-state index contributed by atoms with van der Waals surface area (Å²) in [6.45, 7) is 8.69. The van der Waals surface area contributed by atoms with Gasteiger partial charge in [-0.1, -0.05) is 27.7 Å². The number of aryl methyl sites for hydroxylation is 4. The van der Waals surface area contributed by atoms with Gasteiger partial charge in [-0.25, -0.2) is 11.1 Å². The zero-order valence-electron chi connectivity index (χ0n) is 29.0. The maximum atomic E-state index is 3.37. The smallest absolute Gasteiger partial charge is 0 e. The van der Waals surface area contributed by atoms with E-state index in [9.17, 15) is 0 Å². The SMILES string of the molecule is CCc1cc(-c2[c-]cc(C)c(CC)c2)[c-]cc1C.[Y].[Y].[Y].[Y].[Y].[Y].[Y].[Y].[Y].[Y].[Y].[Y].[Y].[Y].[Y].[Y].[Y].[Y].[Y].[Y].[Y].[Y].[Y].[Y].[Y].[Y].[Y].[Y].[Y].[Y]. The van der Waals surface area contributed by atoms with Crippen LogP contribution in [0, 0.1) is 26.0 Å². The minimum atomic E-state index is 0. The monoisotopic (exact) mass is 2900 g/mol. The van der Waals surface area contributed by atoms with Crippen LogP contribution in [0.3, 0.4) is 0 Å². The van der Waals surface area contributed by atoms with Crippen molar-refractivity contribution < 1.29 is 981 Å². The molecule has 0 amide bonds. The van der Waals surface area contributed by atoms with Crippen molar-refractivity contribution in [2.75, 3.05) is 0 Å². The number of hydrogen-bond acceptors (Lipinski definition) is 0. The molecule has 0 aliphatic rings. The Kier molecular flexibility index (Phi) is 571. The fourth-order valence-electron chi connectivity index (χ4n) is 2.29. The largest absolute Gasteiger partial charge is 0.226 e. The molecule has 2 aromatic carbocycles. The minimum absolute atomic E-state index is 0. The molecule has 0 saturated heterocycles. The van der Waals surface area contributed by atoms with Crippen molar-refractivity contribution in [2.45, 2.75) is 40.5 Å². The fourth-order valence-corrected chi connectivity index (χ4v) is 2.29. The first kappa shape index (κ1) is 192. The second-order valence-electron chi connectivity index (χ2n) is 4.82. The van der Waals surface area contributed by atoms with Gasteiger partial charge < -0.3 is 0 Å². The first-order chi connectivity index (χ1) is 8.65. The molecule has 0 heterocycles. The minimum Gasteiger partial charge on any atom is -0.226 e. The van der Waals surface area contributed by atoms with E-state index in [1.54, 1.807) is 0 Å². The van der Waals surface area contributed by atoms with Gasteiger partial charge in [-0.2, -0.15) is 36.4 Å². The number of benzene rings is 2. The molecule has 2 rings (SSSR count). The van der Waals surface area contributed by atoms with Crippen molar-refractivity contribution in [3.63, 3.8) is 0 Å². The van der Waals surface area contributed by atoms with Gasteiger partial charge in [-0.15, -0.1) is 22.3 Å². The Bertz CT molecular complexity index is 544. The summed E-state index contributed by atoms with van der Waals surface area (Å²) in [5.41, 5.74) is 7.76. The van der Waals surface area contributed by atoms with E-state index in [0.717, 1.165) is 24.0 Å². The van der Waals surface area contributed by atoms with Crippen molar-refractivity contribution in [3.05, 3.63) is 58.7 Å². The van der Waals surface area contributed by atoms with Gasteiger partial charge in [0.2, 0.25) is 0 Å². The van der Waals surface area contributed by atoms with E-state index in [4.69, 9.17) is 0 Å². The molecule has 0 saturated carbocycles. The Morgan fingerprint density at radius 1 is 0.312 bits per heavy atom. The van der Waals surface area contributed by atoms with Gasteiger partial charge in [0.05, 0.1) is 0 Å². The molecular formula is C18H20Y30-2. The van der Waals surface area contributed by atoms with E-state index in [-0.39, 0.29) is 981 Å². The summed E-state index contributed by atoms with van der Waals surface area (Å²) in [7, 11) is 0. The van der Waals surface area contributed by atoms with Crippen LogP contribution in [0.5, 0.6) is 0 Å². The third-order valence-electron chi connectivity index (χ3n) is 3.59. The van der Waals surface area contributed by atoms with E-state index in [0.29, 0.717) is 0 Å². The van der Waals surface area contributed by atoms with Gasteiger partial charge in [0.15, 0.2) is 0 Å². The van der Waals surface area contributed by atoms with Crippen molar-refractivity contribution in [1.82, 2.24) is 0 Å². The molecule has 30 heteroatoms. The first-order valence-electron chi connectivity index (χ1n) is 6.68. The van der Waals surface area contributed by atoms with E-state index in [1.165, 1.54) is 22.3 Å². The van der Waals surface area contributed by atoms with E-state index >= 15 is 0 Å². The molecule has 0 atom stereocenters. The normalized spacial score (nSPS) is 4.00. The summed E-state index contributed by atoms with van der Waals surface area (Å²) >= 11 is 0. The Balaban J connectivity index is -0.00000000446. The van der Waals surface area contributed by atoms with Crippen LogP contribution in [0.25, 0.3) is 11.1 Å². The summed E-state index contributed by atoms with van der Waals surface area (Å²) < 4.78 is 0. The van der Waals surface area contributed by atoms with Crippen LogP contribution in [0.4, 0.5) is 0 Å². The molecule has 2 aromatic rings. The second-order valence-corrected chi connectivity index (χ2v) is 4.82. The quantitative estimate of drug-likeness (QED) is 0.395. The van der Waals surface area contributed by atoms with E-state index < -0.39 is 0 Å². The molecule has 30 radical (unpaired) electrons. The van der Waals surface area contributed by atoms with Gasteiger partial charge in [-0.05, 0) is 12.8 Å². The predicted molar refractivity (Wildman–Crippen MR) is 77.8 cm³/mol. The van der Waals surface area contributed by atoms with Gasteiger partial charge in [0.1, 0.15) is 0 Å². The topological polar surface area (TPSA) is 0 Å². The van der Waals surface area contributed by atoms with Gasteiger partial charge in [-0.3, -0.25) is 0 Å². The van der Waals surface area contributed by atoms with Crippen LogP contribution < -0.4 is 0 Å². The summed E-state index contributed by atoms with van der Waals surface area (Å²) in [5.74, 6) is 0. The summed E-state index contributed by atoms with van der Waals surface area (Å²) in [5, 5.41) is 0. The predicted octanol–water partition coefficient (Wildman–Crippen LogP) is 4.62. The van der Waals surface area contributed by atoms with Crippen LogP contribution in [-0.4, -0.2) is 0 Å². The average molecular weight is 2900 g/mol. The molecule has 0 unspecified atom stereocenters. The van der Waals surface area contributed by atoms with Crippen LogP contribution in [-0.2, 0) is 994 Å². The zero-order valence-corrected chi connectivity index (χ0v) is 114. The molecular weight excluding hydrogens is 2880 g/mol. The van der Waals surface area contributed by atoms with Gasteiger partial charge >= 0.3 is 0 Å². The zero-order chi connectivity index (χ0) is 13.1. The molecule has 0 N–H and O–H groups in total. The van der Waals surface area contributed by atoms with Crippen molar-refractivity contribution >= 4 is 0 Å². The molecule has 0 nitrogen and oxygen atoms in total. The molecule has 48 heavy (non-hydrogen) atoms. The van der Waals surface area contributed by atoms with Crippen molar-refractivity contribution in [2.24, 2.45) is 0 Å². The number of rotatable bonds is 3. The van der Waals surface area contributed by atoms with Crippen LogP contribution >= 0.6 is 0 Å². The molecule has 0 aromatic heterocycles. The third-order valence-corrected chi connectivity index (χ3v) is 3.59. The Labute approximate surface area is 1050 Å². The summed E-state index contributed by atoms with van der Waals surface area (Å²) in [4.78, 5) is 0. The van der Waals surface area contributed by atoms with E-state index in [1.807, 2.05) is 0 Å². The molecule has 0 aliphatic heterocycles. The average Bonchev–Trinajstić information content (AvgIpc) is 2.40. The van der Waals surface area contributed by atoms with Crippen LogP contribution in [0.15, 0.2) is 24.3 Å². The summed E-state index contributed by atoms with van der Waals surface area (Å²) in [6, 6.07) is 15.4. The number of hydrogen-bond donors (Lipinski definition) is 0. The maximum absolute atomic E-state index is 3.37. The maximum Gasteiger partial charge on any atom is 0 e. The first-order valence-corrected chi connectivity index (χ1v) is 6.68. The van der Waals surface area contributed by atoms with Gasteiger partial charge in [0, 0.05) is 981 Å². The van der Waals surface area contributed by atoms with Crippen molar-refractivity contribution in [3.8, 4) is 11.1 Å². The third kappa shape index (κ3) is 106. The van der Waals surface area contributed by atoms with Crippen LogP contribution in [0.2, 0.25) is 0 Å². The molecule has 0 bridgehead atoms. The van der Waals surface area contributed by atoms with Crippen molar-refractivity contribution in [1.29, 1.82) is 0 Å². The second kappa shape index (κ2) is 143. The Morgan fingerprint density at radius 3 is 0.583 bits per heavy atom. The molecule has 0 fully saturated rings. The standard InChI is InChI=1S/C18H20.30Y/c1-5-15-11-17(9-7-13(15)3)18-10-8-14(4)16(6-2)12-18;;;;;;;;;;;;;;;;;;;;;;;;;;;;;;/h7-8,11-12H,5-6H2,1-4H3;;;;;;;;;;;;;;;;;;;;;;;;;;;;;;/q-2;;;;;;;;;;;;;;;;;;;;;;;;;;;;;;. The van der Waals surface area contributed by atoms with Crippen LogP contribution in [0.1, 0.15) is 36.1 Å². The Morgan fingerprint density at radius 2 is 0.458 bits per heavy atom. The fraction of sp³-hybridized carbons (Fsp3) is 0.333.